The van der Waals surface area contributed by atoms with E-state index in [9.17, 15) is 9.59 Å². The van der Waals surface area contributed by atoms with Crippen LogP contribution in [0.4, 0.5) is 0 Å². The highest BCUT2D eigenvalue weighted by atomic mass is 16.1. The largest absolute Gasteiger partial charge is 0.295 e. The molecular formula is C17H20O2. The molecule has 0 spiro atoms. The lowest BCUT2D eigenvalue weighted by Crippen LogP contribution is -2.07. The Morgan fingerprint density at radius 2 is 1.95 bits per heavy atom. The third kappa shape index (κ3) is 2.83. The molecule has 0 N–H and O–H groups in total. The summed E-state index contributed by atoms with van der Waals surface area (Å²) in [4.78, 5) is 24.2. The second-order valence-corrected chi connectivity index (χ2v) is 5.18. The molecule has 2 rings (SSSR count). The first kappa shape index (κ1) is 13.7. The Morgan fingerprint density at radius 3 is 2.53 bits per heavy atom. The summed E-state index contributed by atoms with van der Waals surface area (Å²) in [6.07, 6.45) is 3.60. The highest BCUT2D eigenvalue weighted by Crippen LogP contribution is 2.38. The van der Waals surface area contributed by atoms with Gasteiger partial charge in [-0.15, -0.1) is 0 Å². The van der Waals surface area contributed by atoms with E-state index in [0.29, 0.717) is 12.0 Å². The van der Waals surface area contributed by atoms with Gasteiger partial charge in [-0.25, -0.2) is 0 Å². The van der Waals surface area contributed by atoms with Crippen LogP contribution in [0.5, 0.6) is 0 Å². The summed E-state index contributed by atoms with van der Waals surface area (Å²) in [5, 5.41) is 0. The van der Waals surface area contributed by atoms with Gasteiger partial charge in [-0.05, 0) is 24.8 Å². The number of rotatable bonds is 5. The van der Waals surface area contributed by atoms with Crippen LogP contribution in [0.1, 0.15) is 45.1 Å². The lowest BCUT2D eigenvalue weighted by Gasteiger charge is -2.11. The minimum atomic E-state index is 0.0470. The first-order valence-electron chi connectivity index (χ1n) is 6.98. The third-order valence-electron chi connectivity index (χ3n) is 3.74. The van der Waals surface area contributed by atoms with Crippen molar-refractivity contribution in [1.82, 2.24) is 0 Å². The van der Waals surface area contributed by atoms with E-state index in [0.717, 1.165) is 30.4 Å². The van der Waals surface area contributed by atoms with Crippen LogP contribution < -0.4 is 0 Å². The Labute approximate surface area is 114 Å². The van der Waals surface area contributed by atoms with Crippen molar-refractivity contribution in [1.29, 1.82) is 0 Å². The quantitative estimate of drug-likeness (QED) is 0.802. The van der Waals surface area contributed by atoms with Crippen LogP contribution in [-0.4, -0.2) is 11.6 Å². The predicted octanol–water partition coefficient (Wildman–Crippen LogP) is 3.81. The van der Waals surface area contributed by atoms with E-state index >= 15 is 0 Å². The van der Waals surface area contributed by atoms with E-state index < -0.39 is 0 Å². The first-order chi connectivity index (χ1) is 9.15. The van der Waals surface area contributed by atoms with E-state index in [4.69, 9.17) is 0 Å². The van der Waals surface area contributed by atoms with Gasteiger partial charge in [0, 0.05) is 17.6 Å². The van der Waals surface area contributed by atoms with Crippen molar-refractivity contribution >= 4 is 17.1 Å². The summed E-state index contributed by atoms with van der Waals surface area (Å²) in [5.74, 6) is 0.295. The van der Waals surface area contributed by atoms with E-state index in [1.54, 1.807) is 6.92 Å². The zero-order chi connectivity index (χ0) is 13.8. The average Bonchev–Trinajstić information content (AvgIpc) is 2.74. The molecule has 1 unspecified atom stereocenters. The highest BCUT2D eigenvalue weighted by Gasteiger charge is 2.34. The number of hydrogen-bond acceptors (Lipinski definition) is 2. The number of hydrogen-bond donors (Lipinski definition) is 0. The van der Waals surface area contributed by atoms with Crippen LogP contribution in [0.15, 0.2) is 35.9 Å². The van der Waals surface area contributed by atoms with Gasteiger partial charge in [-0.2, -0.15) is 0 Å². The van der Waals surface area contributed by atoms with Crippen molar-refractivity contribution in [2.45, 2.75) is 39.5 Å². The maximum atomic E-state index is 12.3. The minimum absolute atomic E-state index is 0.0470. The Morgan fingerprint density at radius 1 is 1.26 bits per heavy atom. The second-order valence-electron chi connectivity index (χ2n) is 5.18. The fourth-order valence-corrected chi connectivity index (χ4v) is 2.86. The summed E-state index contributed by atoms with van der Waals surface area (Å²) in [6.45, 7) is 3.71. The summed E-state index contributed by atoms with van der Waals surface area (Å²) in [6, 6.07) is 9.57. The van der Waals surface area contributed by atoms with Gasteiger partial charge >= 0.3 is 0 Å². The van der Waals surface area contributed by atoms with Crippen molar-refractivity contribution in [3.63, 3.8) is 0 Å². The Bertz CT molecular complexity index is 511. The maximum absolute atomic E-state index is 12.3. The molecule has 0 aliphatic heterocycles. The Kier molecular flexibility index (Phi) is 4.31. The molecule has 0 fully saturated rings. The van der Waals surface area contributed by atoms with Gasteiger partial charge in [-0.3, -0.25) is 9.59 Å². The average molecular weight is 256 g/mol. The van der Waals surface area contributed by atoms with Crippen molar-refractivity contribution in [3.05, 3.63) is 41.5 Å². The van der Waals surface area contributed by atoms with Crippen LogP contribution in [0.3, 0.4) is 0 Å². The maximum Gasteiger partial charge on any atom is 0.164 e. The molecule has 0 saturated heterocycles. The van der Waals surface area contributed by atoms with Crippen LogP contribution in [0, 0.1) is 5.92 Å². The smallest absolute Gasteiger partial charge is 0.164 e. The van der Waals surface area contributed by atoms with Gasteiger partial charge in [0.25, 0.3) is 0 Å². The number of unbranched alkanes of at least 4 members (excludes halogenated alkanes) is 1. The molecule has 1 atom stereocenters. The Hall–Kier alpha value is -1.70. The van der Waals surface area contributed by atoms with Gasteiger partial charge in [0.15, 0.2) is 11.6 Å². The summed E-state index contributed by atoms with van der Waals surface area (Å²) in [7, 11) is 0. The van der Waals surface area contributed by atoms with Gasteiger partial charge in [0.05, 0.1) is 0 Å². The van der Waals surface area contributed by atoms with Gasteiger partial charge in [-0.1, -0.05) is 50.1 Å². The molecule has 1 aromatic rings. The summed E-state index contributed by atoms with van der Waals surface area (Å²) in [5.41, 5.74) is 2.30. The van der Waals surface area contributed by atoms with Crippen molar-refractivity contribution in [3.8, 4) is 0 Å². The normalized spacial score (nSPS) is 19.1. The molecule has 0 amide bonds. The zero-order valence-corrected chi connectivity index (χ0v) is 11.6. The summed E-state index contributed by atoms with van der Waals surface area (Å²) < 4.78 is 0. The fourth-order valence-electron chi connectivity index (χ4n) is 2.86. The van der Waals surface area contributed by atoms with E-state index in [1.165, 1.54) is 0 Å². The molecule has 1 aliphatic rings. The lowest BCUT2D eigenvalue weighted by atomic mass is 9.91. The van der Waals surface area contributed by atoms with Gasteiger partial charge in [0.2, 0.25) is 0 Å². The monoisotopic (exact) mass is 256 g/mol. The molecule has 0 aromatic heterocycles. The standard InChI is InChI=1S/C17H20O2/c1-3-4-8-14-11-15(19)17(16(14)12(2)18)13-9-6-5-7-10-13/h5-7,9-10,14H,3-4,8,11H2,1-2H3. The van der Waals surface area contributed by atoms with Crippen LogP contribution in [0.2, 0.25) is 0 Å². The summed E-state index contributed by atoms with van der Waals surface area (Å²) >= 11 is 0. The first-order valence-corrected chi connectivity index (χ1v) is 6.98. The molecule has 0 heterocycles. The van der Waals surface area contributed by atoms with Crippen LogP contribution >= 0.6 is 0 Å². The number of Topliss-reactive ketones (excluding diaryl/α,β-unsaturated/α-hetero) is 2. The van der Waals surface area contributed by atoms with Crippen molar-refractivity contribution < 1.29 is 9.59 Å². The number of allylic oxidation sites excluding steroid dienone is 2. The molecule has 100 valence electrons. The molecular weight excluding hydrogens is 236 g/mol. The van der Waals surface area contributed by atoms with Gasteiger partial charge in [0.1, 0.15) is 0 Å². The topological polar surface area (TPSA) is 34.1 Å². The van der Waals surface area contributed by atoms with Gasteiger partial charge < -0.3 is 0 Å². The van der Waals surface area contributed by atoms with Crippen LogP contribution in [0.25, 0.3) is 5.57 Å². The zero-order valence-electron chi connectivity index (χ0n) is 11.6. The second kappa shape index (κ2) is 5.96. The van der Waals surface area contributed by atoms with E-state index in [1.807, 2.05) is 30.3 Å². The number of ketones is 2. The van der Waals surface area contributed by atoms with Crippen molar-refractivity contribution in [2.24, 2.45) is 5.92 Å². The number of carbonyl (C=O) groups is 2. The molecule has 2 heteroatoms. The fraction of sp³-hybridized carbons (Fsp3) is 0.412. The highest BCUT2D eigenvalue weighted by molar-refractivity contribution is 6.29. The predicted molar refractivity (Wildman–Crippen MR) is 76.7 cm³/mol. The Balaban J connectivity index is 2.42. The molecule has 0 bridgehead atoms. The number of benzene rings is 1. The SMILES string of the molecule is CCCCC1CC(=O)C(c2ccccc2)=C1C(C)=O. The molecule has 0 saturated carbocycles. The molecule has 19 heavy (non-hydrogen) atoms. The minimum Gasteiger partial charge on any atom is -0.295 e. The molecule has 1 aliphatic carbocycles. The third-order valence-corrected chi connectivity index (χ3v) is 3.74. The van der Waals surface area contributed by atoms with E-state index in [-0.39, 0.29) is 17.5 Å². The molecule has 0 radical (unpaired) electrons. The van der Waals surface area contributed by atoms with Crippen LogP contribution in [-0.2, 0) is 9.59 Å². The molecule has 2 nitrogen and oxygen atoms in total. The molecule has 1 aromatic carbocycles. The number of carbonyl (C=O) groups excluding carboxylic acids is 2. The van der Waals surface area contributed by atoms with E-state index in [2.05, 4.69) is 6.92 Å². The lowest BCUT2D eigenvalue weighted by molar-refractivity contribution is -0.114. The van der Waals surface area contributed by atoms with Crippen molar-refractivity contribution in [2.75, 3.05) is 0 Å².